The molecule has 3 amide bonds. The Morgan fingerprint density at radius 3 is 2.45 bits per heavy atom. The molecule has 1 heterocycles. The topological polar surface area (TPSA) is 119 Å². The van der Waals surface area contributed by atoms with E-state index in [0.29, 0.717) is 11.4 Å². The SMILES string of the molecule is CC(C(=O)Nc1ccc(OC2CCCC2)cc1)N1C(=O)c2cccc([N+](=O)[O-])c2C1=O. The molecule has 0 bridgehead atoms. The van der Waals surface area contributed by atoms with Crippen molar-refractivity contribution < 1.29 is 24.0 Å². The van der Waals surface area contributed by atoms with E-state index in [9.17, 15) is 24.5 Å². The number of benzene rings is 2. The van der Waals surface area contributed by atoms with Gasteiger partial charge in [0.25, 0.3) is 17.5 Å². The number of imide groups is 1. The Balaban J connectivity index is 1.46. The second-order valence-electron chi connectivity index (χ2n) is 7.65. The lowest BCUT2D eigenvalue weighted by atomic mass is 10.1. The van der Waals surface area contributed by atoms with Gasteiger partial charge in [-0.25, -0.2) is 0 Å². The highest BCUT2D eigenvalue weighted by atomic mass is 16.6. The van der Waals surface area contributed by atoms with E-state index in [1.54, 1.807) is 24.3 Å². The van der Waals surface area contributed by atoms with Crippen LogP contribution in [0.5, 0.6) is 5.75 Å². The number of nitrogens with one attached hydrogen (secondary N) is 1. The van der Waals surface area contributed by atoms with Gasteiger partial charge >= 0.3 is 0 Å². The maximum atomic E-state index is 12.7. The number of hydrogen-bond donors (Lipinski definition) is 1. The number of fused-ring (bicyclic) bond motifs is 1. The first-order chi connectivity index (χ1) is 14.9. The van der Waals surface area contributed by atoms with Gasteiger partial charge in [0.15, 0.2) is 0 Å². The molecule has 2 aromatic rings. The fourth-order valence-corrected chi connectivity index (χ4v) is 3.97. The van der Waals surface area contributed by atoms with Crippen LogP contribution in [0.25, 0.3) is 0 Å². The van der Waals surface area contributed by atoms with E-state index < -0.39 is 34.4 Å². The summed E-state index contributed by atoms with van der Waals surface area (Å²) in [7, 11) is 0. The standard InChI is InChI=1S/C22H21N3O6/c1-13(24-21(27)17-7-4-8-18(25(29)30)19(17)22(24)28)20(26)23-14-9-11-16(12-10-14)31-15-5-2-3-6-15/h4,7-13,15H,2-3,5-6H2,1H3,(H,23,26). The van der Waals surface area contributed by atoms with Gasteiger partial charge in [0.05, 0.1) is 16.6 Å². The molecule has 1 saturated carbocycles. The number of hydrogen-bond acceptors (Lipinski definition) is 6. The Bertz CT molecular complexity index is 1060. The van der Waals surface area contributed by atoms with Crippen LogP contribution in [0.4, 0.5) is 11.4 Å². The molecule has 2 aliphatic rings. The molecule has 4 rings (SSSR count). The second-order valence-corrected chi connectivity index (χ2v) is 7.65. The number of amides is 3. The fourth-order valence-electron chi connectivity index (χ4n) is 3.97. The van der Waals surface area contributed by atoms with Crippen molar-refractivity contribution >= 4 is 29.1 Å². The van der Waals surface area contributed by atoms with Crippen molar-refractivity contribution in [3.8, 4) is 5.75 Å². The predicted molar refractivity (Wildman–Crippen MR) is 111 cm³/mol. The number of carbonyl (C=O) groups excluding carboxylic acids is 3. The van der Waals surface area contributed by atoms with Crippen molar-refractivity contribution in [3.63, 3.8) is 0 Å². The minimum absolute atomic E-state index is 0.0766. The lowest BCUT2D eigenvalue weighted by molar-refractivity contribution is -0.385. The van der Waals surface area contributed by atoms with Crippen LogP contribution < -0.4 is 10.1 Å². The molecule has 9 heteroatoms. The lowest BCUT2D eigenvalue weighted by Crippen LogP contribution is -2.45. The Morgan fingerprint density at radius 1 is 1.13 bits per heavy atom. The van der Waals surface area contributed by atoms with E-state index in [-0.39, 0.29) is 17.2 Å². The van der Waals surface area contributed by atoms with E-state index in [2.05, 4.69) is 5.32 Å². The summed E-state index contributed by atoms with van der Waals surface area (Å²) in [6.07, 6.45) is 4.62. The van der Waals surface area contributed by atoms with Crippen molar-refractivity contribution in [2.75, 3.05) is 5.32 Å². The molecule has 1 aliphatic heterocycles. The average Bonchev–Trinajstić information content (AvgIpc) is 3.35. The van der Waals surface area contributed by atoms with Gasteiger partial charge in [-0.1, -0.05) is 6.07 Å². The zero-order chi connectivity index (χ0) is 22.1. The summed E-state index contributed by atoms with van der Waals surface area (Å²) < 4.78 is 5.89. The number of rotatable bonds is 6. The van der Waals surface area contributed by atoms with Gasteiger partial charge in [-0.15, -0.1) is 0 Å². The molecule has 1 unspecified atom stereocenters. The minimum atomic E-state index is -1.15. The second kappa shape index (κ2) is 8.17. The Kier molecular flexibility index (Phi) is 5.41. The van der Waals surface area contributed by atoms with Crippen molar-refractivity contribution in [2.45, 2.75) is 44.8 Å². The van der Waals surface area contributed by atoms with Gasteiger partial charge in [-0.05, 0) is 62.9 Å². The number of nitro benzene ring substituents is 1. The summed E-state index contributed by atoms with van der Waals surface area (Å²) in [6, 6.07) is 9.56. The van der Waals surface area contributed by atoms with Crippen LogP contribution >= 0.6 is 0 Å². The van der Waals surface area contributed by atoms with Crippen molar-refractivity contribution in [3.05, 3.63) is 63.7 Å². The first-order valence-corrected chi connectivity index (χ1v) is 10.1. The normalized spacial score (nSPS) is 16.9. The summed E-state index contributed by atoms with van der Waals surface area (Å²) in [5.41, 5.74) is -0.333. The molecule has 0 aromatic heterocycles. The smallest absolute Gasteiger partial charge is 0.282 e. The number of nitro groups is 1. The van der Waals surface area contributed by atoms with Gasteiger partial charge < -0.3 is 10.1 Å². The monoisotopic (exact) mass is 423 g/mol. The molecule has 1 atom stereocenters. The summed E-state index contributed by atoms with van der Waals surface area (Å²) >= 11 is 0. The number of ether oxygens (including phenoxy) is 1. The van der Waals surface area contributed by atoms with Crippen LogP contribution in [-0.4, -0.2) is 39.7 Å². The van der Waals surface area contributed by atoms with E-state index in [1.807, 2.05) is 0 Å². The first kappa shape index (κ1) is 20.5. The summed E-state index contributed by atoms with van der Waals surface area (Å²) in [6.45, 7) is 1.40. The molecular formula is C22H21N3O6. The van der Waals surface area contributed by atoms with E-state index >= 15 is 0 Å². The molecule has 2 aromatic carbocycles. The van der Waals surface area contributed by atoms with Gasteiger partial charge in [0, 0.05) is 11.8 Å². The molecule has 1 aliphatic carbocycles. The van der Waals surface area contributed by atoms with Gasteiger partial charge in [-0.2, -0.15) is 0 Å². The third kappa shape index (κ3) is 3.86. The fraction of sp³-hybridized carbons (Fsp3) is 0.318. The largest absolute Gasteiger partial charge is 0.490 e. The van der Waals surface area contributed by atoms with E-state index in [4.69, 9.17) is 4.74 Å². The highest BCUT2D eigenvalue weighted by Crippen LogP contribution is 2.32. The third-order valence-corrected chi connectivity index (χ3v) is 5.61. The molecule has 0 radical (unpaired) electrons. The Hall–Kier alpha value is -3.75. The molecular weight excluding hydrogens is 402 g/mol. The predicted octanol–water partition coefficient (Wildman–Crippen LogP) is 3.54. The summed E-state index contributed by atoms with van der Waals surface area (Å²) in [5, 5.41) is 13.9. The third-order valence-electron chi connectivity index (χ3n) is 5.61. The highest BCUT2D eigenvalue weighted by Gasteiger charge is 2.44. The lowest BCUT2D eigenvalue weighted by Gasteiger charge is -2.21. The molecule has 9 nitrogen and oxygen atoms in total. The Labute approximate surface area is 178 Å². The van der Waals surface area contributed by atoms with Gasteiger partial charge in [0.2, 0.25) is 5.91 Å². The van der Waals surface area contributed by atoms with Crippen LogP contribution in [0.1, 0.15) is 53.3 Å². The number of nitrogens with zero attached hydrogens (tertiary/aromatic N) is 2. The zero-order valence-electron chi connectivity index (χ0n) is 16.9. The van der Waals surface area contributed by atoms with Crippen LogP contribution in [-0.2, 0) is 4.79 Å². The van der Waals surface area contributed by atoms with Gasteiger partial charge in [-0.3, -0.25) is 29.4 Å². The molecule has 1 fully saturated rings. The quantitative estimate of drug-likeness (QED) is 0.431. The van der Waals surface area contributed by atoms with E-state index in [1.165, 1.54) is 19.1 Å². The van der Waals surface area contributed by atoms with Crippen LogP contribution in [0.3, 0.4) is 0 Å². The van der Waals surface area contributed by atoms with E-state index in [0.717, 1.165) is 36.6 Å². The molecule has 160 valence electrons. The molecule has 0 spiro atoms. The maximum Gasteiger partial charge on any atom is 0.282 e. The molecule has 1 N–H and O–H groups in total. The Morgan fingerprint density at radius 2 is 1.81 bits per heavy atom. The summed E-state index contributed by atoms with van der Waals surface area (Å²) in [5.74, 6) is -1.45. The van der Waals surface area contributed by atoms with Crippen LogP contribution in [0, 0.1) is 10.1 Å². The average molecular weight is 423 g/mol. The number of anilines is 1. The maximum absolute atomic E-state index is 12.7. The van der Waals surface area contributed by atoms with Crippen molar-refractivity contribution in [1.29, 1.82) is 0 Å². The zero-order valence-corrected chi connectivity index (χ0v) is 16.9. The highest BCUT2D eigenvalue weighted by molar-refractivity contribution is 6.24. The number of carbonyl (C=O) groups is 3. The van der Waals surface area contributed by atoms with Crippen molar-refractivity contribution in [2.24, 2.45) is 0 Å². The van der Waals surface area contributed by atoms with Crippen LogP contribution in [0.15, 0.2) is 42.5 Å². The molecule has 0 saturated heterocycles. The van der Waals surface area contributed by atoms with Crippen LogP contribution in [0.2, 0.25) is 0 Å². The minimum Gasteiger partial charge on any atom is -0.490 e. The molecule has 31 heavy (non-hydrogen) atoms. The summed E-state index contributed by atoms with van der Waals surface area (Å²) in [4.78, 5) is 49.4. The first-order valence-electron chi connectivity index (χ1n) is 10.1. The van der Waals surface area contributed by atoms with Crippen molar-refractivity contribution in [1.82, 2.24) is 4.90 Å². The van der Waals surface area contributed by atoms with Gasteiger partial charge in [0.1, 0.15) is 17.4 Å².